The van der Waals surface area contributed by atoms with Crippen molar-refractivity contribution in [2.45, 2.75) is 25.1 Å². The Morgan fingerprint density at radius 1 is 1.45 bits per heavy atom. The molecule has 1 N–H and O–H groups in total. The largest absolute Gasteiger partial charge is 0.394 e. The van der Waals surface area contributed by atoms with E-state index in [0.717, 1.165) is 10.9 Å². The van der Waals surface area contributed by atoms with Crippen LogP contribution in [0.2, 0.25) is 5.02 Å². The number of benzene rings is 1. The maximum absolute atomic E-state index is 12.6. The molecule has 0 spiro atoms. The van der Waals surface area contributed by atoms with Crippen LogP contribution in [0.25, 0.3) is 10.9 Å². The lowest BCUT2D eigenvalue weighted by Crippen LogP contribution is -2.39. The van der Waals surface area contributed by atoms with E-state index in [2.05, 4.69) is 0 Å². The van der Waals surface area contributed by atoms with Crippen molar-refractivity contribution in [3.05, 3.63) is 35.5 Å². The Labute approximate surface area is 134 Å². The molecule has 0 unspecified atom stereocenters. The van der Waals surface area contributed by atoms with Gasteiger partial charge in [-0.25, -0.2) is 0 Å². The molecule has 1 fully saturated rings. The highest BCUT2D eigenvalue weighted by Crippen LogP contribution is 2.23. The van der Waals surface area contributed by atoms with Crippen LogP contribution in [0.4, 0.5) is 0 Å². The molecule has 2 aromatic rings. The molecule has 2 atom stereocenters. The lowest BCUT2D eigenvalue weighted by Gasteiger charge is -2.23. The second-order valence-electron chi connectivity index (χ2n) is 5.62. The fourth-order valence-electron chi connectivity index (χ4n) is 3.05. The Hall–Kier alpha value is -1.56. The van der Waals surface area contributed by atoms with Gasteiger partial charge in [-0.3, -0.25) is 4.79 Å². The van der Waals surface area contributed by atoms with Gasteiger partial charge in [-0.2, -0.15) is 0 Å². The van der Waals surface area contributed by atoms with Crippen LogP contribution in [0.5, 0.6) is 0 Å². The standard InChI is InChI=1S/C16H19ClN2O3/c1-22-14-7-13(10-20)19(8-14)16(21)9-18-5-4-11-2-3-12(17)6-15(11)18/h2-6,13-14,20H,7-10H2,1H3/t13-,14-/m0/s1. The number of aliphatic hydroxyl groups excluding tert-OH is 1. The number of rotatable bonds is 4. The first-order valence-corrected chi connectivity index (χ1v) is 7.67. The Morgan fingerprint density at radius 2 is 2.27 bits per heavy atom. The summed E-state index contributed by atoms with van der Waals surface area (Å²) in [5.41, 5.74) is 0.934. The van der Waals surface area contributed by atoms with Crippen molar-refractivity contribution >= 4 is 28.4 Å². The number of aromatic nitrogens is 1. The number of likely N-dealkylation sites (tertiary alicyclic amines) is 1. The molecular formula is C16H19ClN2O3. The number of methoxy groups -OCH3 is 1. The topological polar surface area (TPSA) is 54.7 Å². The van der Waals surface area contributed by atoms with Crippen molar-refractivity contribution < 1.29 is 14.6 Å². The predicted octanol–water partition coefficient (Wildman–Crippen LogP) is 1.90. The van der Waals surface area contributed by atoms with E-state index in [4.69, 9.17) is 16.3 Å². The predicted molar refractivity (Wildman–Crippen MR) is 84.9 cm³/mol. The Morgan fingerprint density at radius 3 is 3.00 bits per heavy atom. The maximum Gasteiger partial charge on any atom is 0.242 e. The molecule has 1 aliphatic heterocycles. The molecule has 0 aliphatic carbocycles. The molecule has 0 bridgehead atoms. The van der Waals surface area contributed by atoms with E-state index in [1.165, 1.54) is 0 Å². The zero-order chi connectivity index (χ0) is 15.7. The fourth-order valence-corrected chi connectivity index (χ4v) is 3.22. The van der Waals surface area contributed by atoms with Crippen LogP contribution in [0, 0.1) is 0 Å². The van der Waals surface area contributed by atoms with Gasteiger partial charge in [0.2, 0.25) is 5.91 Å². The number of carbonyl (C=O) groups excluding carboxylic acids is 1. The van der Waals surface area contributed by atoms with Crippen LogP contribution in [0.15, 0.2) is 30.5 Å². The highest BCUT2D eigenvalue weighted by Gasteiger charge is 2.34. The van der Waals surface area contributed by atoms with Gasteiger partial charge in [0.05, 0.1) is 18.8 Å². The first-order valence-electron chi connectivity index (χ1n) is 7.30. The molecule has 0 saturated carbocycles. The number of halogens is 1. The van der Waals surface area contributed by atoms with Crippen molar-refractivity contribution in [3.63, 3.8) is 0 Å². The highest BCUT2D eigenvalue weighted by atomic mass is 35.5. The zero-order valence-corrected chi connectivity index (χ0v) is 13.2. The molecule has 1 aromatic heterocycles. The summed E-state index contributed by atoms with van der Waals surface area (Å²) in [6.07, 6.45) is 2.56. The van der Waals surface area contributed by atoms with Gasteiger partial charge in [0, 0.05) is 30.4 Å². The Balaban J connectivity index is 1.79. The highest BCUT2D eigenvalue weighted by molar-refractivity contribution is 6.31. The van der Waals surface area contributed by atoms with E-state index in [9.17, 15) is 9.90 Å². The summed E-state index contributed by atoms with van der Waals surface area (Å²) in [6, 6.07) is 7.43. The molecule has 1 amide bonds. The summed E-state index contributed by atoms with van der Waals surface area (Å²) in [5.74, 6) is -0.0175. The number of fused-ring (bicyclic) bond motifs is 1. The second kappa shape index (κ2) is 6.28. The van der Waals surface area contributed by atoms with Gasteiger partial charge in [-0.1, -0.05) is 17.7 Å². The third-order valence-corrected chi connectivity index (χ3v) is 4.52. The second-order valence-corrected chi connectivity index (χ2v) is 6.06. The zero-order valence-electron chi connectivity index (χ0n) is 12.4. The quantitative estimate of drug-likeness (QED) is 0.935. The van der Waals surface area contributed by atoms with Gasteiger partial charge in [0.25, 0.3) is 0 Å². The lowest BCUT2D eigenvalue weighted by molar-refractivity contribution is -0.133. The van der Waals surface area contributed by atoms with Gasteiger partial charge in [0.1, 0.15) is 6.54 Å². The summed E-state index contributed by atoms with van der Waals surface area (Å²) in [4.78, 5) is 14.3. The molecule has 6 heteroatoms. The van der Waals surface area contributed by atoms with Gasteiger partial charge >= 0.3 is 0 Å². The van der Waals surface area contributed by atoms with Gasteiger partial charge < -0.3 is 19.3 Å². The fraction of sp³-hybridized carbons (Fsp3) is 0.438. The number of aliphatic hydroxyl groups is 1. The summed E-state index contributed by atoms with van der Waals surface area (Å²) in [5, 5.41) is 11.2. The number of hydrogen-bond donors (Lipinski definition) is 1. The third-order valence-electron chi connectivity index (χ3n) is 4.28. The molecule has 0 radical (unpaired) electrons. The third kappa shape index (κ3) is 2.84. The van der Waals surface area contributed by atoms with Crippen LogP contribution < -0.4 is 0 Å². The average molecular weight is 323 g/mol. The Kier molecular flexibility index (Phi) is 4.38. The summed E-state index contributed by atoms with van der Waals surface area (Å²) in [7, 11) is 1.63. The summed E-state index contributed by atoms with van der Waals surface area (Å²) < 4.78 is 7.20. The molecule has 5 nitrogen and oxygen atoms in total. The molecule has 22 heavy (non-hydrogen) atoms. The summed E-state index contributed by atoms with van der Waals surface area (Å²) >= 11 is 6.04. The number of hydrogen-bond acceptors (Lipinski definition) is 3. The molecule has 1 saturated heterocycles. The molecule has 1 aromatic carbocycles. The van der Waals surface area contributed by atoms with Crippen molar-refractivity contribution in [1.29, 1.82) is 0 Å². The molecule has 2 heterocycles. The molecular weight excluding hydrogens is 304 g/mol. The van der Waals surface area contributed by atoms with Crippen LogP contribution in [0.3, 0.4) is 0 Å². The SMILES string of the molecule is CO[C@H]1C[C@@H](CO)N(C(=O)Cn2ccc3ccc(Cl)cc32)C1. The van der Waals surface area contributed by atoms with E-state index in [0.29, 0.717) is 18.0 Å². The summed E-state index contributed by atoms with van der Waals surface area (Å²) in [6.45, 7) is 0.723. The Bertz CT molecular complexity index is 685. The number of carbonyl (C=O) groups is 1. The van der Waals surface area contributed by atoms with Crippen molar-refractivity contribution in [2.75, 3.05) is 20.3 Å². The van der Waals surface area contributed by atoms with E-state index >= 15 is 0 Å². The first-order chi connectivity index (χ1) is 10.6. The normalized spacial score (nSPS) is 21.7. The van der Waals surface area contributed by atoms with Crippen LogP contribution in [0.1, 0.15) is 6.42 Å². The molecule has 3 rings (SSSR count). The number of nitrogens with zero attached hydrogens (tertiary/aromatic N) is 2. The molecule has 1 aliphatic rings. The minimum absolute atomic E-state index is 0.00282. The van der Waals surface area contributed by atoms with Crippen molar-refractivity contribution in [2.24, 2.45) is 0 Å². The van der Waals surface area contributed by atoms with Gasteiger partial charge in [-0.05, 0) is 30.0 Å². The van der Waals surface area contributed by atoms with Crippen LogP contribution >= 0.6 is 11.6 Å². The van der Waals surface area contributed by atoms with Gasteiger partial charge in [0.15, 0.2) is 0 Å². The molecule has 118 valence electrons. The first kappa shape index (κ1) is 15.3. The monoisotopic (exact) mass is 322 g/mol. The maximum atomic E-state index is 12.6. The minimum Gasteiger partial charge on any atom is -0.394 e. The average Bonchev–Trinajstić information content (AvgIpc) is 3.11. The smallest absolute Gasteiger partial charge is 0.242 e. The van der Waals surface area contributed by atoms with Crippen LogP contribution in [-0.2, 0) is 16.1 Å². The number of ether oxygens (including phenoxy) is 1. The van der Waals surface area contributed by atoms with Gasteiger partial charge in [-0.15, -0.1) is 0 Å². The van der Waals surface area contributed by atoms with E-state index in [-0.39, 0.29) is 31.2 Å². The van der Waals surface area contributed by atoms with Crippen LogP contribution in [-0.4, -0.2) is 52.9 Å². The van der Waals surface area contributed by atoms with E-state index < -0.39 is 0 Å². The van der Waals surface area contributed by atoms with E-state index in [1.807, 2.05) is 35.0 Å². The number of amides is 1. The minimum atomic E-state index is -0.164. The lowest BCUT2D eigenvalue weighted by atomic mass is 10.2. The van der Waals surface area contributed by atoms with Crippen molar-refractivity contribution in [1.82, 2.24) is 9.47 Å². The van der Waals surface area contributed by atoms with Crippen molar-refractivity contribution in [3.8, 4) is 0 Å². The van der Waals surface area contributed by atoms with E-state index in [1.54, 1.807) is 12.0 Å².